The Morgan fingerprint density at radius 3 is 2.82 bits per heavy atom. The third-order valence-corrected chi connectivity index (χ3v) is 2.76. The van der Waals surface area contributed by atoms with Gasteiger partial charge in [-0.25, -0.2) is 0 Å². The van der Waals surface area contributed by atoms with Gasteiger partial charge in [-0.1, -0.05) is 11.6 Å². The van der Waals surface area contributed by atoms with Crippen molar-refractivity contribution < 1.29 is 4.79 Å². The highest BCUT2D eigenvalue weighted by Gasteiger charge is 2.10. The van der Waals surface area contributed by atoms with Crippen LogP contribution in [-0.2, 0) is 13.5 Å². The monoisotopic (exact) mass is 249 g/mol. The Bertz CT molecular complexity index is 563. The van der Waals surface area contributed by atoms with Crippen molar-refractivity contribution in [2.45, 2.75) is 6.42 Å². The van der Waals surface area contributed by atoms with Crippen LogP contribution in [0.25, 0.3) is 0 Å². The second-order valence-electron chi connectivity index (χ2n) is 3.82. The van der Waals surface area contributed by atoms with Gasteiger partial charge in [0.1, 0.15) is 0 Å². The van der Waals surface area contributed by atoms with E-state index < -0.39 is 0 Å². The van der Waals surface area contributed by atoms with Crippen LogP contribution in [0.15, 0.2) is 30.5 Å². The lowest BCUT2D eigenvalue weighted by Crippen LogP contribution is -2.05. The lowest BCUT2D eigenvalue weighted by molar-refractivity contribution is 0.0992. The molecule has 5 heteroatoms. The first-order valence-corrected chi connectivity index (χ1v) is 5.51. The minimum absolute atomic E-state index is 0.0226. The van der Waals surface area contributed by atoms with Crippen molar-refractivity contribution in [3.63, 3.8) is 0 Å². The largest absolute Gasteiger partial charge is 0.398 e. The number of rotatable bonds is 3. The molecule has 2 N–H and O–H groups in total. The highest BCUT2D eigenvalue weighted by Crippen LogP contribution is 2.20. The quantitative estimate of drug-likeness (QED) is 0.669. The average Bonchev–Trinajstić information content (AvgIpc) is 2.68. The van der Waals surface area contributed by atoms with Crippen LogP contribution >= 0.6 is 11.6 Å². The fourth-order valence-corrected chi connectivity index (χ4v) is 1.71. The summed E-state index contributed by atoms with van der Waals surface area (Å²) >= 11 is 5.87. The molecule has 0 atom stereocenters. The molecule has 2 rings (SSSR count). The maximum absolute atomic E-state index is 11.9. The summed E-state index contributed by atoms with van der Waals surface area (Å²) in [5.74, 6) is -0.0226. The van der Waals surface area contributed by atoms with Crippen LogP contribution in [-0.4, -0.2) is 15.6 Å². The van der Waals surface area contributed by atoms with Crippen LogP contribution in [0.5, 0.6) is 0 Å². The highest BCUT2D eigenvalue weighted by atomic mass is 35.5. The summed E-state index contributed by atoms with van der Waals surface area (Å²) in [6.45, 7) is 0. The first-order valence-electron chi connectivity index (χ1n) is 5.13. The van der Waals surface area contributed by atoms with E-state index in [1.54, 1.807) is 29.1 Å². The number of hydrogen-bond acceptors (Lipinski definition) is 3. The Morgan fingerprint density at radius 2 is 2.24 bits per heavy atom. The lowest BCUT2D eigenvalue weighted by Gasteiger charge is -2.02. The van der Waals surface area contributed by atoms with Gasteiger partial charge in [-0.3, -0.25) is 9.48 Å². The summed E-state index contributed by atoms with van der Waals surface area (Å²) in [5, 5.41) is 4.55. The summed E-state index contributed by atoms with van der Waals surface area (Å²) in [6.07, 6.45) is 2.07. The van der Waals surface area contributed by atoms with Gasteiger partial charge in [-0.05, 0) is 24.3 Å². The molecule has 1 heterocycles. The molecule has 17 heavy (non-hydrogen) atoms. The van der Waals surface area contributed by atoms with E-state index in [-0.39, 0.29) is 12.2 Å². The SMILES string of the molecule is Cn1ccc(CC(=O)c2ccc(N)c(Cl)c2)n1. The molecule has 0 saturated carbocycles. The molecule has 0 fully saturated rings. The first kappa shape index (κ1) is 11.7. The number of nitrogen functional groups attached to an aromatic ring is 1. The Morgan fingerprint density at radius 1 is 1.47 bits per heavy atom. The number of aryl methyl sites for hydroxylation is 1. The van der Waals surface area contributed by atoms with E-state index in [9.17, 15) is 4.79 Å². The molecule has 0 aliphatic carbocycles. The summed E-state index contributed by atoms with van der Waals surface area (Å²) in [7, 11) is 1.81. The number of Topliss-reactive ketones (excluding diaryl/α,β-unsaturated/α-hetero) is 1. The van der Waals surface area contributed by atoms with Crippen molar-refractivity contribution >= 4 is 23.1 Å². The van der Waals surface area contributed by atoms with E-state index in [2.05, 4.69) is 5.10 Å². The molecule has 0 radical (unpaired) electrons. The molecule has 0 spiro atoms. The van der Waals surface area contributed by atoms with E-state index >= 15 is 0 Å². The number of nitrogens with zero attached hydrogens (tertiary/aromatic N) is 2. The lowest BCUT2D eigenvalue weighted by atomic mass is 10.1. The molecule has 0 aliphatic heterocycles. The van der Waals surface area contributed by atoms with Crippen LogP contribution in [0.3, 0.4) is 0 Å². The topological polar surface area (TPSA) is 60.9 Å². The Labute approximate surface area is 104 Å². The molecule has 4 nitrogen and oxygen atoms in total. The Kier molecular flexibility index (Phi) is 3.15. The van der Waals surface area contributed by atoms with Crippen molar-refractivity contribution in [2.24, 2.45) is 7.05 Å². The summed E-state index contributed by atoms with van der Waals surface area (Å²) in [6, 6.07) is 6.71. The predicted molar refractivity (Wildman–Crippen MR) is 67.1 cm³/mol. The van der Waals surface area contributed by atoms with Gasteiger partial charge in [0, 0.05) is 18.8 Å². The zero-order valence-electron chi connectivity index (χ0n) is 9.35. The van der Waals surface area contributed by atoms with E-state index in [4.69, 9.17) is 17.3 Å². The number of benzene rings is 1. The maximum atomic E-state index is 11.9. The molecule has 0 aliphatic rings. The van der Waals surface area contributed by atoms with E-state index in [0.29, 0.717) is 16.3 Å². The normalized spacial score (nSPS) is 10.5. The van der Waals surface area contributed by atoms with Crippen molar-refractivity contribution in [3.8, 4) is 0 Å². The number of nitrogens with two attached hydrogens (primary N) is 1. The number of anilines is 1. The number of ketones is 1. The van der Waals surface area contributed by atoms with Gasteiger partial charge in [0.15, 0.2) is 5.78 Å². The van der Waals surface area contributed by atoms with E-state index in [1.807, 2.05) is 13.1 Å². The van der Waals surface area contributed by atoms with Gasteiger partial charge in [-0.15, -0.1) is 0 Å². The fourth-order valence-electron chi connectivity index (χ4n) is 1.52. The third kappa shape index (κ3) is 2.65. The van der Waals surface area contributed by atoms with Crippen molar-refractivity contribution in [1.82, 2.24) is 9.78 Å². The molecule has 0 amide bonds. The minimum Gasteiger partial charge on any atom is -0.398 e. The minimum atomic E-state index is -0.0226. The maximum Gasteiger partial charge on any atom is 0.168 e. The molecular weight excluding hydrogens is 238 g/mol. The number of halogens is 1. The van der Waals surface area contributed by atoms with Crippen LogP contribution in [0.1, 0.15) is 16.1 Å². The molecule has 0 bridgehead atoms. The highest BCUT2D eigenvalue weighted by molar-refractivity contribution is 6.33. The summed E-state index contributed by atoms with van der Waals surface area (Å²) in [5.41, 5.74) is 7.35. The van der Waals surface area contributed by atoms with Gasteiger partial charge in [0.2, 0.25) is 0 Å². The molecular formula is C12H12ClN3O. The fraction of sp³-hybridized carbons (Fsp3) is 0.167. The standard InChI is InChI=1S/C12H12ClN3O/c1-16-5-4-9(15-16)7-12(17)8-2-3-11(14)10(13)6-8/h2-6H,7,14H2,1H3. The number of carbonyl (C=O) groups is 1. The molecule has 0 unspecified atom stereocenters. The predicted octanol–water partition coefficient (Wildman–Crippen LogP) is 2.08. The third-order valence-electron chi connectivity index (χ3n) is 2.43. The van der Waals surface area contributed by atoms with Gasteiger partial charge >= 0.3 is 0 Å². The van der Waals surface area contributed by atoms with Crippen LogP contribution in [0, 0.1) is 0 Å². The number of carbonyl (C=O) groups excluding carboxylic acids is 1. The van der Waals surface area contributed by atoms with Crippen LogP contribution in [0.4, 0.5) is 5.69 Å². The summed E-state index contributed by atoms with van der Waals surface area (Å²) < 4.78 is 1.67. The van der Waals surface area contributed by atoms with Crippen LogP contribution in [0.2, 0.25) is 5.02 Å². The van der Waals surface area contributed by atoms with E-state index in [0.717, 1.165) is 5.69 Å². The molecule has 88 valence electrons. The zero-order valence-corrected chi connectivity index (χ0v) is 10.1. The van der Waals surface area contributed by atoms with Crippen LogP contribution < -0.4 is 5.73 Å². The molecule has 1 aromatic heterocycles. The Hall–Kier alpha value is -1.81. The number of hydrogen-bond donors (Lipinski definition) is 1. The van der Waals surface area contributed by atoms with Crippen molar-refractivity contribution in [2.75, 3.05) is 5.73 Å². The van der Waals surface area contributed by atoms with E-state index in [1.165, 1.54) is 0 Å². The first-order chi connectivity index (χ1) is 8.06. The molecule has 0 saturated heterocycles. The zero-order chi connectivity index (χ0) is 12.4. The Balaban J connectivity index is 2.17. The average molecular weight is 250 g/mol. The van der Waals surface area contributed by atoms with Gasteiger partial charge < -0.3 is 5.73 Å². The molecule has 1 aromatic carbocycles. The second kappa shape index (κ2) is 4.59. The smallest absolute Gasteiger partial charge is 0.168 e. The summed E-state index contributed by atoms with van der Waals surface area (Å²) in [4.78, 5) is 11.9. The van der Waals surface area contributed by atoms with Crippen molar-refractivity contribution in [1.29, 1.82) is 0 Å². The van der Waals surface area contributed by atoms with Gasteiger partial charge in [-0.2, -0.15) is 5.10 Å². The number of aromatic nitrogens is 2. The van der Waals surface area contributed by atoms with Gasteiger partial charge in [0.05, 0.1) is 22.8 Å². The molecule has 2 aromatic rings. The van der Waals surface area contributed by atoms with Crippen molar-refractivity contribution in [3.05, 3.63) is 46.7 Å². The van der Waals surface area contributed by atoms with Gasteiger partial charge in [0.25, 0.3) is 0 Å². The second-order valence-corrected chi connectivity index (χ2v) is 4.22.